The molecule has 0 amide bonds. The van der Waals surface area contributed by atoms with E-state index in [1.807, 2.05) is 6.07 Å². The van der Waals surface area contributed by atoms with Crippen molar-refractivity contribution in [2.24, 2.45) is 0 Å². The van der Waals surface area contributed by atoms with Crippen molar-refractivity contribution in [2.45, 2.75) is 58.2 Å². The number of hydrogen-bond donors (Lipinski definition) is 0. The fourth-order valence-electron chi connectivity index (χ4n) is 3.07. The van der Waals surface area contributed by atoms with Crippen molar-refractivity contribution in [1.29, 1.82) is 0 Å². The van der Waals surface area contributed by atoms with Crippen LogP contribution in [0.3, 0.4) is 0 Å². The van der Waals surface area contributed by atoms with Gasteiger partial charge in [0.05, 0.1) is 18.3 Å². The molecule has 108 valence electrons. The van der Waals surface area contributed by atoms with Crippen LogP contribution in [0, 0.1) is 0 Å². The molecular formula is C16H23BO3. The lowest BCUT2D eigenvalue weighted by molar-refractivity contribution is 0.00578. The summed E-state index contributed by atoms with van der Waals surface area (Å²) in [4.78, 5) is 0. The second-order valence-electron chi connectivity index (χ2n) is 6.76. The molecule has 20 heavy (non-hydrogen) atoms. The Morgan fingerprint density at radius 1 is 1.05 bits per heavy atom. The van der Waals surface area contributed by atoms with Crippen molar-refractivity contribution in [2.75, 3.05) is 7.11 Å². The van der Waals surface area contributed by atoms with Crippen LogP contribution in [0.4, 0.5) is 0 Å². The van der Waals surface area contributed by atoms with Gasteiger partial charge in [-0.15, -0.1) is 0 Å². The van der Waals surface area contributed by atoms with Gasteiger partial charge in [0.2, 0.25) is 0 Å². The summed E-state index contributed by atoms with van der Waals surface area (Å²) in [7, 11) is 1.38. The third-order valence-corrected chi connectivity index (χ3v) is 5.00. The maximum atomic E-state index is 6.22. The molecule has 1 aromatic rings. The van der Waals surface area contributed by atoms with Gasteiger partial charge in [-0.25, -0.2) is 0 Å². The van der Waals surface area contributed by atoms with Crippen LogP contribution in [-0.2, 0) is 22.2 Å². The normalized spacial score (nSPS) is 22.9. The molecule has 0 N–H and O–H groups in total. The molecule has 1 aromatic carbocycles. The van der Waals surface area contributed by atoms with Crippen molar-refractivity contribution in [1.82, 2.24) is 0 Å². The molecule has 3 nitrogen and oxygen atoms in total. The van der Waals surface area contributed by atoms with E-state index in [0.717, 1.165) is 24.1 Å². The highest BCUT2D eigenvalue weighted by Gasteiger charge is 2.53. The van der Waals surface area contributed by atoms with E-state index in [0.29, 0.717) is 0 Å². The van der Waals surface area contributed by atoms with Crippen molar-refractivity contribution < 1.29 is 14.0 Å². The minimum absolute atomic E-state index is 0.315. The predicted molar refractivity (Wildman–Crippen MR) is 80.7 cm³/mol. The van der Waals surface area contributed by atoms with Gasteiger partial charge in [-0.05, 0) is 64.2 Å². The highest BCUT2D eigenvalue weighted by Crippen LogP contribution is 2.38. The molecular weight excluding hydrogens is 251 g/mol. The van der Waals surface area contributed by atoms with Gasteiger partial charge in [0.25, 0.3) is 0 Å². The Kier molecular flexibility index (Phi) is 3.14. The fraction of sp³-hybridized carbons (Fsp3) is 0.625. The van der Waals surface area contributed by atoms with E-state index in [-0.39, 0.29) is 18.3 Å². The third kappa shape index (κ3) is 1.97. The molecule has 1 heterocycles. The minimum Gasteiger partial charge on any atom is -0.497 e. The number of benzene rings is 1. The molecule has 0 bridgehead atoms. The van der Waals surface area contributed by atoms with Crippen LogP contribution in [0.15, 0.2) is 12.1 Å². The van der Waals surface area contributed by atoms with E-state index in [9.17, 15) is 0 Å². The predicted octanol–water partition coefficient (Wildman–Crippen LogP) is 2.48. The summed E-state index contributed by atoms with van der Waals surface area (Å²) in [5.74, 6) is 0.879. The van der Waals surface area contributed by atoms with Crippen LogP contribution >= 0.6 is 0 Å². The molecule has 0 spiro atoms. The summed E-state index contributed by atoms with van der Waals surface area (Å²) in [5.41, 5.74) is 3.24. The average Bonchev–Trinajstić information content (AvgIpc) is 2.90. The maximum Gasteiger partial charge on any atom is 0.498 e. The van der Waals surface area contributed by atoms with Gasteiger partial charge in [-0.1, -0.05) is 6.07 Å². The highest BCUT2D eigenvalue weighted by molar-refractivity contribution is 6.63. The smallest absolute Gasteiger partial charge is 0.497 e. The first-order valence-electron chi connectivity index (χ1n) is 7.40. The topological polar surface area (TPSA) is 27.7 Å². The highest BCUT2D eigenvalue weighted by atomic mass is 16.7. The van der Waals surface area contributed by atoms with E-state index in [4.69, 9.17) is 14.0 Å². The zero-order valence-electron chi connectivity index (χ0n) is 13.1. The first-order chi connectivity index (χ1) is 9.36. The number of ether oxygens (including phenoxy) is 1. The Morgan fingerprint density at radius 3 is 2.30 bits per heavy atom. The first-order valence-corrected chi connectivity index (χ1v) is 7.40. The Balaban J connectivity index is 2.05. The lowest BCUT2D eigenvalue weighted by Gasteiger charge is -2.32. The Bertz CT molecular complexity index is 521. The van der Waals surface area contributed by atoms with Crippen LogP contribution in [0.5, 0.6) is 5.75 Å². The van der Waals surface area contributed by atoms with Crippen LogP contribution in [-0.4, -0.2) is 25.4 Å². The zero-order valence-corrected chi connectivity index (χ0v) is 13.1. The minimum atomic E-state index is -0.331. The quantitative estimate of drug-likeness (QED) is 0.775. The SMILES string of the molecule is COc1ccc2c(c1B1OC(C)(C)C(C)(C)O1)CCC2. The summed E-state index contributed by atoms with van der Waals surface area (Å²) >= 11 is 0. The second kappa shape index (κ2) is 4.50. The van der Waals surface area contributed by atoms with Gasteiger partial charge in [0.15, 0.2) is 0 Å². The fourth-order valence-corrected chi connectivity index (χ4v) is 3.07. The molecule has 1 fully saturated rings. The second-order valence-corrected chi connectivity index (χ2v) is 6.76. The molecule has 0 aromatic heterocycles. The molecule has 0 radical (unpaired) electrons. The van der Waals surface area contributed by atoms with Crippen molar-refractivity contribution in [3.63, 3.8) is 0 Å². The maximum absolute atomic E-state index is 6.22. The Hall–Kier alpha value is -0.995. The van der Waals surface area contributed by atoms with Crippen molar-refractivity contribution in [3.8, 4) is 5.75 Å². The number of rotatable bonds is 2. The largest absolute Gasteiger partial charge is 0.498 e. The van der Waals surface area contributed by atoms with Crippen LogP contribution in [0.2, 0.25) is 0 Å². The van der Waals surface area contributed by atoms with Gasteiger partial charge in [0.1, 0.15) is 5.75 Å². The molecule has 3 rings (SSSR count). The van der Waals surface area contributed by atoms with E-state index in [2.05, 4.69) is 33.8 Å². The summed E-state index contributed by atoms with van der Waals surface area (Å²) in [6, 6.07) is 4.22. The molecule has 0 unspecified atom stereocenters. The summed E-state index contributed by atoms with van der Waals surface area (Å²) in [6.45, 7) is 8.34. The molecule has 1 saturated heterocycles. The van der Waals surface area contributed by atoms with Crippen molar-refractivity contribution >= 4 is 12.6 Å². The standard InChI is InChI=1S/C16H23BO3/c1-15(2)16(3,4)20-17(19-15)14-12-8-6-7-11(12)9-10-13(14)18-5/h9-10H,6-8H2,1-5H3. The van der Waals surface area contributed by atoms with Gasteiger partial charge in [-0.3, -0.25) is 0 Å². The molecule has 1 aliphatic heterocycles. The molecule has 1 aliphatic carbocycles. The summed E-state index contributed by atoms with van der Waals surface area (Å²) in [5, 5.41) is 0. The first kappa shape index (κ1) is 14.0. The van der Waals surface area contributed by atoms with Gasteiger partial charge < -0.3 is 14.0 Å². The molecule has 0 atom stereocenters. The monoisotopic (exact) mass is 274 g/mol. The Morgan fingerprint density at radius 2 is 1.70 bits per heavy atom. The average molecular weight is 274 g/mol. The van der Waals surface area contributed by atoms with Gasteiger partial charge in [-0.2, -0.15) is 0 Å². The van der Waals surface area contributed by atoms with Gasteiger partial charge >= 0.3 is 7.12 Å². The lowest BCUT2D eigenvalue weighted by atomic mass is 9.74. The summed E-state index contributed by atoms with van der Waals surface area (Å²) in [6.07, 6.45) is 3.44. The Labute approximate surface area is 121 Å². The van der Waals surface area contributed by atoms with E-state index >= 15 is 0 Å². The van der Waals surface area contributed by atoms with Crippen LogP contribution in [0.25, 0.3) is 0 Å². The van der Waals surface area contributed by atoms with Gasteiger partial charge in [0, 0.05) is 5.46 Å². The lowest BCUT2D eigenvalue weighted by Crippen LogP contribution is -2.41. The summed E-state index contributed by atoms with van der Waals surface area (Å²) < 4.78 is 18.0. The van der Waals surface area contributed by atoms with E-state index in [1.54, 1.807) is 7.11 Å². The number of aryl methyl sites for hydroxylation is 1. The molecule has 2 aliphatic rings. The number of methoxy groups -OCH3 is 1. The number of hydrogen-bond acceptors (Lipinski definition) is 3. The van der Waals surface area contributed by atoms with Crippen molar-refractivity contribution in [3.05, 3.63) is 23.3 Å². The molecule has 0 saturated carbocycles. The van der Waals surface area contributed by atoms with Crippen LogP contribution in [0.1, 0.15) is 45.2 Å². The van der Waals surface area contributed by atoms with Crippen LogP contribution < -0.4 is 10.2 Å². The van der Waals surface area contributed by atoms with E-state index in [1.165, 1.54) is 17.5 Å². The third-order valence-electron chi connectivity index (χ3n) is 5.00. The molecule has 4 heteroatoms. The number of fused-ring (bicyclic) bond motifs is 1. The van der Waals surface area contributed by atoms with E-state index < -0.39 is 0 Å². The zero-order chi connectivity index (χ0) is 14.5.